The lowest BCUT2D eigenvalue weighted by atomic mass is 9.81. The summed E-state index contributed by atoms with van der Waals surface area (Å²) in [6.45, 7) is 5.61. The van der Waals surface area contributed by atoms with Gasteiger partial charge in [0.15, 0.2) is 0 Å². The van der Waals surface area contributed by atoms with Crippen molar-refractivity contribution in [3.63, 3.8) is 0 Å². The van der Waals surface area contributed by atoms with Crippen molar-refractivity contribution in [3.8, 4) is 5.75 Å². The van der Waals surface area contributed by atoms with E-state index >= 15 is 0 Å². The first-order valence-electron chi connectivity index (χ1n) is 8.22. The van der Waals surface area contributed by atoms with Gasteiger partial charge in [-0.2, -0.15) is 0 Å². The zero-order valence-electron chi connectivity index (χ0n) is 12.9. The standard InChI is InChI=1S/C18H29NO/c1-3-17(16-6-4-5-7-18(16)20)19-13-12-15-10-8-14(2)9-11-15/h4-7,14-15,17,19-20H,3,8-13H2,1-2H3. The molecule has 2 rings (SSSR count). The highest BCUT2D eigenvalue weighted by Crippen LogP contribution is 2.30. The summed E-state index contributed by atoms with van der Waals surface area (Å²) in [6.07, 6.45) is 7.89. The van der Waals surface area contributed by atoms with E-state index in [4.69, 9.17) is 0 Å². The van der Waals surface area contributed by atoms with Gasteiger partial charge in [0.05, 0.1) is 0 Å². The molecule has 0 heterocycles. The summed E-state index contributed by atoms with van der Waals surface area (Å²) in [5, 5.41) is 13.6. The van der Waals surface area contributed by atoms with Gasteiger partial charge in [-0.3, -0.25) is 0 Å². The second-order valence-electron chi connectivity index (χ2n) is 6.39. The zero-order chi connectivity index (χ0) is 14.4. The predicted octanol–water partition coefficient (Wildman–Crippen LogP) is 4.65. The first kappa shape index (κ1) is 15.4. The molecule has 0 amide bonds. The molecule has 1 unspecified atom stereocenters. The molecule has 1 aromatic carbocycles. The number of aromatic hydroxyl groups is 1. The lowest BCUT2D eigenvalue weighted by molar-refractivity contribution is 0.272. The van der Waals surface area contributed by atoms with E-state index in [9.17, 15) is 5.11 Å². The monoisotopic (exact) mass is 275 g/mol. The molecule has 0 spiro atoms. The molecule has 0 aliphatic heterocycles. The molecule has 2 nitrogen and oxygen atoms in total. The van der Waals surface area contributed by atoms with Crippen LogP contribution in [-0.4, -0.2) is 11.7 Å². The Labute approximate surface area is 123 Å². The number of hydrogen-bond donors (Lipinski definition) is 2. The van der Waals surface area contributed by atoms with Crippen LogP contribution in [0.1, 0.15) is 64.0 Å². The van der Waals surface area contributed by atoms with Gasteiger partial charge >= 0.3 is 0 Å². The quantitative estimate of drug-likeness (QED) is 0.792. The van der Waals surface area contributed by atoms with Crippen LogP contribution in [0.3, 0.4) is 0 Å². The third-order valence-electron chi connectivity index (χ3n) is 4.80. The molecule has 1 aliphatic rings. The number of nitrogens with one attached hydrogen (secondary N) is 1. The Morgan fingerprint density at radius 1 is 1.20 bits per heavy atom. The van der Waals surface area contributed by atoms with E-state index in [1.54, 1.807) is 6.07 Å². The summed E-state index contributed by atoms with van der Waals surface area (Å²) in [7, 11) is 0. The third kappa shape index (κ3) is 4.24. The van der Waals surface area contributed by atoms with Crippen LogP contribution < -0.4 is 5.32 Å². The molecule has 1 fully saturated rings. The van der Waals surface area contributed by atoms with Crippen molar-refractivity contribution in [1.29, 1.82) is 0 Å². The van der Waals surface area contributed by atoms with Crippen molar-refractivity contribution in [2.45, 2.75) is 58.4 Å². The second kappa shape index (κ2) is 7.68. The second-order valence-corrected chi connectivity index (χ2v) is 6.39. The molecule has 1 aromatic rings. The van der Waals surface area contributed by atoms with Crippen LogP contribution in [-0.2, 0) is 0 Å². The first-order chi connectivity index (χ1) is 9.70. The minimum absolute atomic E-state index is 0.277. The molecule has 0 saturated heterocycles. The van der Waals surface area contributed by atoms with Gasteiger partial charge < -0.3 is 10.4 Å². The summed E-state index contributed by atoms with van der Waals surface area (Å²) < 4.78 is 0. The molecule has 1 saturated carbocycles. The van der Waals surface area contributed by atoms with Gasteiger partial charge in [-0.1, -0.05) is 57.7 Å². The van der Waals surface area contributed by atoms with E-state index in [-0.39, 0.29) is 6.04 Å². The van der Waals surface area contributed by atoms with Crippen LogP contribution in [0.25, 0.3) is 0 Å². The zero-order valence-corrected chi connectivity index (χ0v) is 12.9. The third-order valence-corrected chi connectivity index (χ3v) is 4.80. The maximum Gasteiger partial charge on any atom is 0.120 e. The Kier molecular flexibility index (Phi) is 5.90. The van der Waals surface area contributed by atoms with Crippen molar-refractivity contribution < 1.29 is 5.11 Å². The van der Waals surface area contributed by atoms with Crippen LogP contribution in [0.15, 0.2) is 24.3 Å². The Morgan fingerprint density at radius 3 is 2.55 bits per heavy atom. The highest BCUT2D eigenvalue weighted by atomic mass is 16.3. The van der Waals surface area contributed by atoms with Gasteiger partial charge in [0.2, 0.25) is 0 Å². The van der Waals surface area contributed by atoms with Gasteiger partial charge in [0.1, 0.15) is 5.75 Å². The highest BCUT2D eigenvalue weighted by Gasteiger charge is 2.18. The minimum atomic E-state index is 0.277. The molecular formula is C18H29NO. The minimum Gasteiger partial charge on any atom is -0.508 e. The van der Waals surface area contributed by atoms with Gasteiger partial charge in [0, 0.05) is 11.6 Å². The van der Waals surface area contributed by atoms with E-state index in [0.29, 0.717) is 5.75 Å². The fourth-order valence-electron chi connectivity index (χ4n) is 3.34. The smallest absolute Gasteiger partial charge is 0.120 e. The van der Waals surface area contributed by atoms with Crippen LogP contribution in [0.4, 0.5) is 0 Å². The molecule has 0 bridgehead atoms. The first-order valence-corrected chi connectivity index (χ1v) is 8.22. The summed E-state index contributed by atoms with van der Waals surface area (Å²) >= 11 is 0. The Morgan fingerprint density at radius 2 is 1.90 bits per heavy atom. The molecule has 2 heteroatoms. The predicted molar refractivity (Wildman–Crippen MR) is 84.9 cm³/mol. The molecule has 112 valence electrons. The van der Waals surface area contributed by atoms with E-state index in [0.717, 1.165) is 30.4 Å². The average molecular weight is 275 g/mol. The molecule has 20 heavy (non-hydrogen) atoms. The van der Waals surface area contributed by atoms with Crippen molar-refractivity contribution in [2.75, 3.05) is 6.54 Å². The Bertz CT molecular complexity index is 396. The average Bonchev–Trinajstić information content (AvgIpc) is 2.47. The van der Waals surface area contributed by atoms with Crippen LogP contribution in [0, 0.1) is 11.8 Å². The van der Waals surface area contributed by atoms with Gasteiger partial charge in [-0.15, -0.1) is 0 Å². The topological polar surface area (TPSA) is 32.3 Å². The largest absolute Gasteiger partial charge is 0.508 e. The summed E-state index contributed by atoms with van der Waals surface area (Å²) in [5.41, 5.74) is 1.03. The number of benzene rings is 1. The lowest BCUT2D eigenvalue weighted by Crippen LogP contribution is -2.25. The number of hydrogen-bond acceptors (Lipinski definition) is 2. The van der Waals surface area contributed by atoms with Crippen molar-refractivity contribution in [3.05, 3.63) is 29.8 Å². The maximum absolute atomic E-state index is 9.95. The van der Waals surface area contributed by atoms with E-state index in [2.05, 4.69) is 19.2 Å². The molecular weight excluding hydrogens is 246 g/mol. The van der Waals surface area contributed by atoms with Crippen molar-refractivity contribution >= 4 is 0 Å². The number of para-hydroxylation sites is 1. The fraction of sp³-hybridized carbons (Fsp3) is 0.667. The number of rotatable bonds is 6. The van der Waals surface area contributed by atoms with E-state index in [1.807, 2.05) is 18.2 Å². The van der Waals surface area contributed by atoms with Gasteiger partial charge in [-0.25, -0.2) is 0 Å². The summed E-state index contributed by atoms with van der Waals surface area (Å²) in [4.78, 5) is 0. The molecule has 0 aromatic heterocycles. The Balaban J connectivity index is 1.78. The van der Waals surface area contributed by atoms with Crippen molar-refractivity contribution in [1.82, 2.24) is 5.32 Å². The molecule has 2 N–H and O–H groups in total. The lowest BCUT2D eigenvalue weighted by Gasteiger charge is -2.27. The van der Waals surface area contributed by atoms with E-state index < -0.39 is 0 Å². The Hall–Kier alpha value is -1.02. The number of phenolic OH excluding ortho intramolecular Hbond substituents is 1. The van der Waals surface area contributed by atoms with E-state index in [1.165, 1.54) is 32.1 Å². The SMILES string of the molecule is CCC(NCCC1CCC(C)CC1)c1ccccc1O. The van der Waals surface area contributed by atoms with Crippen LogP contribution in [0.2, 0.25) is 0 Å². The molecule has 0 radical (unpaired) electrons. The highest BCUT2D eigenvalue weighted by molar-refractivity contribution is 5.34. The normalized spacial score (nSPS) is 24.5. The van der Waals surface area contributed by atoms with Crippen LogP contribution in [0.5, 0.6) is 5.75 Å². The van der Waals surface area contributed by atoms with Crippen LogP contribution >= 0.6 is 0 Å². The molecule has 1 atom stereocenters. The maximum atomic E-state index is 9.95. The van der Waals surface area contributed by atoms with Gasteiger partial charge in [-0.05, 0) is 37.3 Å². The van der Waals surface area contributed by atoms with Crippen molar-refractivity contribution in [2.24, 2.45) is 11.8 Å². The summed E-state index contributed by atoms with van der Waals surface area (Å²) in [5.74, 6) is 2.25. The molecule has 1 aliphatic carbocycles. The fourth-order valence-corrected chi connectivity index (χ4v) is 3.34. The number of phenols is 1. The summed E-state index contributed by atoms with van der Waals surface area (Å²) in [6, 6.07) is 7.97. The van der Waals surface area contributed by atoms with Gasteiger partial charge in [0.25, 0.3) is 0 Å².